The third-order valence-corrected chi connectivity index (χ3v) is 8.58. The summed E-state index contributed by atoms with van der Waals surface area (Å²) >= 11 is 0. The van der Waals surface area contributed by atoms with E-state index in [0.717, 1.165) is 48.1 Å². The van der Waals surface area contributed by atoms with Crippen LogP contribution in [0.5, 0.6) is 11.5 Å². The smallest absolute Gasteiger partial charge is 0.247 e. The van der Waals surface area contributed by atoms with Gasteiger partial charge in [0.25, 0.3) is 0 Å². The Kier molecular flexibility index (Phi) is 7.06. The number of allylic oxidation sites excluding steroid dienone is 1. The van der Waals surface area contributed by atoms with Crippen LogP contribution in [0.2, 0.25) is 0 Å². The van der Waals surface area contributed by atoms with Crippen molar-refractivity contribution < 1.29 is 19.7 Å². The molecule has 1 aromatic carbocycles. The highest BCUT2D eigenvalue weighted by molar-refractivity contribution is 5.94. The molecule has 4 rings (SSSR count). The monoisotopic (exact) mass is 469 g/mol. The Morgan fingerprint density at radius 2 is 1.97 bits per heavy atom. The molecule has 0 saturated heterocycles. The van der Waals surface area contributed by atoms with Gasteiger partial charge in [-0.05, 0) is 69.1 Å². The zero-order chi connectivity index (χ0) is 24.7. The second-order valence-electron chi connectivity index (χ2n) is 11.9. The van der Waals surface area contributed by atoms with E-state index >= 15 is 0 Å². The largest absolute Gasteiger partial charge is 0.508 e. The van der Waals surface area contributed by atoms with Crippen molar-refractivity contribution >= 4 is 5.91 Å². The molecule has 0 spiro atoms. The van der Waals surface area contributed by atoms with Crippen molar-refractivity contribution in [2.75, 3.05) is 0 Å². The lowest BCUT2D eigenvalue weighted by Crippen LogP contribution is -2.51. The van der Waals surface area contributed by atoms with Crippen molar-refractivity contribution in [1.29, 1.82) is 0 Å². The number of phenols is 1. The molecule has 0 aromatic heterocycles. The van der Waals surface area contributed by atoms with Gasteiger partial charge in [0, 0.05) is 23.0 Å². The Bertz CT molecular complexity index is 948. The third-order valence-electron chi connectivity index (χ3n) is 8.58. The Morgan fingerprint density at radius 1 is 1.21 bits per heavy atom. The van der Waals surface area contributed by atoms with Gasteiger partial charge in [-0.15, -0.1) is 0 Å². The van der Waals surface area contributed by atoms with E-state index < -0.39 is 11.7 Å². The number of carbonyl (C=O) groups excluding carboxylic acids is 1. The average Bonchev–Trinajstić information content (AvgIpc) is 2.78. The highest BCUT2D eigenvalue weighted by Crippen LogP contribution is 2.55. The number of aliphatic hydroxyl groups is 1. The summed E-state index contributed by atoms with van der Waals surface area (Å²) in [5.41, 5.74) is 2.26. The summed E-state index contributed by atoms with van der Waals surface area (Å²) < 4.78 is 6.53. The second kappa shape index (κ2) is 9.56. The summed E-state index contributed by atoms with van der Waals surface area (Å²) in [5, 5.41) is 24.1. The molecule has 1 amide bonds. The number of hydrogen-bond donors (Lipinski definition) is 3. The number of rotatable bonds is 8. The molecule has 1 unspecified atom stereocenters. The number of aromatic hydroxyl groups is 1. The first-order valence-electron chi connectivity index (χ1n) is 13.3. The van der Waals surface area contributed by atoms with Crippen molar-refractivity contribution in [3.8, 4) is 11.5 Å². The zero-order valence-electron chi connectivity index (χ0n) is 21.6. The predicted octanol–water partition coefficient (Wildman–Crippen LogP) is 5.87. The highest BCUT2D eigenvalue weighted by atomic mass is 16.5. The molecule has 1 fully saturated rings. The van der Waals surface area contributed by atoms with E-state index in [2.05, 4.69) is 46.0 Å². The number of amides is 1. The van der Waals surface area contributed by atoms with Crippen LogP contribution in [-0.4, -0.2) is 33.9 Å². The van der Waals surface area contributed by atoms with Gasteiger partial charge >= 0.3 is 0 Å². The number of fused-ring (bicyclic) bond motifs is 3. The van der Waals surface area contributed by atoms with Crippen LogP contribution >= 0.6 is 0 Å². The number of unbranched alkanes of at least 4 members (excludes halogenated alkanes) is 3. The Hall–Kier alpha value is -2.01. The molecular weight excluding hydrogens is 426 g/mol. The van der Waals surface area contributed by atoms with Gasteiger partial charge in [0.2, 0.25) is 5.91 Å². The molecule has 0 radical (unpaired) electrons. The summed E-state index contributed by atoms with van der Waals surface area (Å²) in [6.45, 7) is 11.0. The maximum absolute atomic E-state index is 12.9. The highest BCUT2D eigenvalue weighted by Gasteiger charge is 2.47. The summed E-state index contributed by atoms with van der Waals surface area (Å²) in [6, 6.07) is 3.93. The van der Waals surface area contributed by atoms with Crippen LogP contribution in [0.4, 0.5) is 0 Å². The van der Waals surface area contributed by atoms with E-state index in [0.29, 0.717) is 6.42 Å². The van der Waals surface area contributed by atoms with Crippen molar-refractivity contribution in [2.45, 2.75) is 121 Å². The molecule has 34 heavy (non-hydrogen) atoms. The van der Waals surface area contributed by atoms with Gasteiger partial charge in [-0.2, -0.15) is 0 Å². The number of carbonyl (C=O) groups is 1. The third kappa shape index (κ3) is 4.86. The van der Waals surface area contributed by atoms with E-state index in [-0.39, 0.29) is 34.9 Å². The molecule has 1 aliphatic heterocycles. The zero-order valence-corrected chi connectivity index (χ0v) is 21.6. The summed E-state index contributed by atoms with van der Waals surface area (Å²) in [7, 11) is 0. The molecule has 1 saturated carbocycles. The minimum absolute atomic E-state index is 0.0255. The lowest BCUT2D eigenvalue weighted by Gasteiger charge is -2.47. The molecule has 3 N–H and O–H groups in total. The molecule has 4 atom stereocenters. The van der Waals surface area contributed by atoms with Crippen LogP contribution in [-0.2, 0) is 10.2 Å². The Morgan fingerprint density at radius 3 is 2.62 bits per heavy atom. The van der Waals surface area contributed by atoms with Crippen LogP contribution in [0.15, 0.2) is 23.8 Å². The van der Waals surface area contributed by atoms with E-state index in [1.54, 1.807) is 0 Å². The molecule has 2 aliphatic carbocycles. The molecule has 0 bridgehead atoms. The normalized spacial score (nSPS) is 27.5. The van der Waals surface area contributed by atoms with Gasteiger partial charge in [-0.1, -0.05) is 52.5 Å². The van der Waals surface area contributed by atoms with Gasteiger partial charge in [0.15, 0.2) is 0 Å². The second-order valence-corrected chi connectivity index (χ2v) is 11.9. The van der Waals surface area contributed by atoms with Gasteiger partial charge in [0.1, 0.15) is 17.1 Å². The minimum atomic E-state index is -0.434. The predicted molar refractivity (Wildman–Crippen MR) is 135 cm³/mol. The lowest BCUT2D eigenvalue weighted by atomic mass is 9.66. The van der Waals surface area contributed by atoms with Gasteiger partial charge in [-0.25, -0.2) is 0 Å². The number of nitrogens with one attached hydrogen (secondary N) is 1. The number of benzene rings is 1. The van der Waals surface area contributed by atoms with Gasteiger partial charge in [-0.3, -0.25) is 4.79 Å². The number of hydrogen-bond acceptors (Lipinski definition) is 4. The van der Waals surface area contributed by atoms with E-state index in [4.69, 9.17) is 4.74 Å². The standard InChI is InChI=1S/C29H43NO4/c1-6-7-8-9-14-28(2,3)19-16-24(32)26-20-15-18(27(33)30-22-12-13-23(22)31)10-11-21(20)29(4,5)34-25(26)17-19/h10,16-17,20-23,31-32H,6-9,11-15H2,1-5H3,(H,30,33)/t20-,21-,22?,23-/m1/s1. The molecule has 5 nitrogen and oxygen atoms in total. The number of ether oxygens (including phenoxy) is 1. The number of phenolic OH excluding ortho intramolecular Hbond substituents is 1. The summed E-state index contributed by atoms with van der Waals surface area (Å²) in [5.74, 6) is 1.18. The maximum atomic E-state index is 12.9. The van der Waals surface area contributed by atoms with Gasteiger partial charge in [0.05, 0.1) is 12.1 Å². The lowest BCUT2D eigenvalue weighted by molar-refractivity contribution is -0.120. The van der Waals surface area contributed by atoms with E-state index in [9.17, 15) is 15.0 Å². The topological polar surface area (TPSA) is 78.8 Å². The first kappa shape index (κ1) is 25.1. The van der Waals surface area contributed by atoms with Crippen LogP contribution in [0.3, 0.4) is 0 Å². The molecule has 5 heteroatoms. The first-order chi connectivity index (χ1) is 16.0. The van der Waals surface area contributed by atoms with Crippen molar-refractivity contribution in [1.82, 2.24) is 5.32 Å². The first-order valence-corrected chi connectivity index (χ1v) is 13.3. The Balaban J connectivity index is 1.58. The summed E-state index contributed by atoms with van der Waals surface area (Å²) in [6.07, 6.45) is 10.4. The fraction of sp³-hybridized carbons (Fsp3) is 0.690. The number of aliphatic hydroxyl groups excluding tert-OH is 1. The molecular formula is C29H43NO4. The van der Waals surface area contributed by atoms with E-state index in [1.807, 2.05) is 12.1 Å². The van der Waals surface area contributed by atoms with Crippen molar-refractivity contribution in [3.63, 3.8) is 0 Å². The summed E-state index contributed by atoms with van der Waals surface area (Å²) in [4.78, 5) is 12.9. The van der Waals surface area contributed by atoms with Crippen LogP contribution in [0.25, 0.3) is 0 Å². The maximum Gasteiger partial charge on any atom is 0.247 e. The molecule has 1 heterocycles. The SMILES string of the molecule is CCCCCCC(C)(C)c1cc(O)c2c(c1)OC(C)(C)[C@@H]1CC=C(C(=O)NC3CC[C@H]3O)C[C@@H]21. The quantitative estimate of drug-likeness (QED) is 0.416. The van der Waals surface area contributed by atoms with Crippen LogP contribution in [0, 0.1) is 5.92 Å². The average molecular weight is 470 g/mol. The fourth-order valence-corrected chi connectivity index (χ4v) is 6.02. The minimum Gasteiger partial charge on any atom is -0.508 e. The van der Waals surface area contributed by atoms with Gasteiger partial charge < -0.3 is 20.3 Å². The molecule has 188 valence electrons. The van der Waals surface area contributed by atoms with Crippen molar-refractivity contribution in [3.05, 3.63) is 34.9 Å². The fourth-order valence-electron chi connectivity index (χ4n) is 6.02. The molecule has 1 aromatic rings. The Labute approximate surface area is 205 Å². The van der Waals surface area contributed by atoms with Crippen LogP contribution < -0.4 is 10.1 Å². The van der Waals surface area contributed by atoms with Crippen LogP contribution in [0.1, 0.15) is 109 Å². The van der Waals surface area contributed by atoms with E-state index in [1.165, 1.54) is 25.7 Å². The molecule has 3 aliphatic rings. The van der Waals surface area contributed by atoms with Crippen molar-refractivity contribution in [2.24, 2.45) is 5.92 Å².